The normalized spacial score (nSPS) is 9.89. The highest BCUT2D eigenvalue weighted by Crippen LogP contribution is 2.05. The number of benzene rings is 1. The van der Waals surface area contributed by atoms with E-state index in [2.05, 4.69) is 10.3 Å². The highest BCUT2D eigenvalue weighted by Gasteiger charge is 2.03. The van der Waals surface area contributed by atoms with Gasteiger partial charge in [0.15, 0.2) is 0 Å². The molecule has 19 heavy (non-hydrogen) atoms. The highest BCUT2D eigenvalue weighted by atomic mass is 16.5. The van der Waals surface area contributed by atoms with Crippen molar-refractivity contribution in [1.82, 2.24) is 10.3 Å². The Labute approximate surface area is 110 Å². The molecular weight excluding hydrogens is 244 g/mol. The summed E-state index contributed by atoms with van der Waals surface area (Å²) < 4.78 is 5.05. The molecule has 0 fully saturated rings. The Kier molecular flexibility index (Phi) is 4.34. The number of pyridine rings is 1. The van der Waals surface area contributed by atoms with Gasteiger partial charge in [-0.25, -0.2) is 4.79 Å². The summed E-state index contributed by atoms with van der Waals surface area (Å²) in [5.41, 5.74) is 1.58. The highest BCUT2D eigenvalue weighted by molar-refractivity contribution is 5.67. The van der Waals surface area contributed by atoms with Gasteiger partial charge in [0.05, 0.1) is 18.4 Å². The van der Waals surface area contributed by atoms with E-state index in [4.69, 9.17) is 9.84 Å². The van der Waals surface area contributed by atoms with Crippen LogP contribution in [-0.2, 0) is 17.9 Å². The molecule has 98 valence electrons. The van der Waals surface area contributed by atoms with Gasteiger partial charge in [0, 0.05) is 0 Å². The van der Waals surface area contributed by atoms with E-state index in [0.717, 1.165) is 5.56 Å². The number of hydrogen-bond acceptors (Lipinski definition) is 4. The molecule has 0 atom stereocenters. The fraction of sp³-hybridized carbons (Fsp3) is 0.143. The molecule has 2 rings (SSSR count). The third-order valence-electron chi connectivity index (χ3n) is 2.44. The van der Waals surface area contributed by atoms with Gasteiger partial charge < -0.3 is 15.2 Å². The molecule has 0 aliphatic heterocycles. The number of amides is 1. The van der Waals surface area contributed by atoms with E-state index >= 15 is 0 Å². The van der Waals surface area contributed by atoms with E-state index < -0.39 is 6.09 Å². The molecule has 0 saturated carbocycles. The van der Waals surface area contributed by atoms with Crippen molar-refractivity contribution in [2.75, 3.05) is 0 Å². The van der Waals surface area contributed by atoms with Gasteiger partial charge in [-0.3, -0.25) is 4.98 Å². The number of nitrogens with one attached hydrogen (secondary N) is 1. The lowest BCUT2D eigenvalue weighted by atomic mass is 10.2. The molecule has 1 aromatic carbocycles. The van der Waals surface area contributed by atoms with Crippen molar-refractivity contribution in [2.24, 2.45) is 0 Å². The molecule has 2 N–H and O–H groups in total. The molecule has 5 heteroatoms. The molecule has 1 amide bonds. The lowest BCUT2D eigenvalue weighted by Crippen LogP contribution is -2.24. The average Bonchev–Trinajstić information content (AvgIpc) is 2.45. The summed E-state index contributed by atoms with van der Waals surface area (Å²) in [6.45, 7) is 0.490. The van der Waals surface area contributed by atoms with Crippen molar-refractivity contribution < 1.29 is 14.6 Å². The lowest BCUT2D eigenvalue weighted by Gasteiger charge is -2.06. The lowest BCUT2D eigenvalue weighted by molar-refractivity contribution is 0.139. The minimum absolute atomic E-state index is 0.0930. The van der Waals surface area contributed by atoms with Crippen LogP contribution in [0.3, 0.4) is 0 Å². The van der Waals surface area contributed by atoms with Crippen LogP contribution in [0.4, 0.5) is 4.79 Å². The molecule has 2 aromatic rings. The number of aromatic nitrogens is 1. The number of ether oxygens (including phenoxy) is 1. The predicted octanol–water partition coefficient (Wildman–Crippen LogP) is 2.21. The molecular formula is C14H14N2O3. The van der Waals surface area contributed by atoms with Crippen molar-refractivity contribution in [2.45, 2.75) is 13.2 Å². The number of carbonyl (C=O) groups excluding carboxylic acids is 1. The van der Waals surface area contributed by atoms with Crippen LogP contribution < -0.4 is 5.32 Å². The zero-order valence-corrected chi connectivity index (χ0v) is 10.2. The van der Waals surface area contributed by atoms with E-state index in [-0.39, 0.29) is 18.9 Å². The first kappa shape index (κ1) is 12.9. The molecule has 0 saturated heterocycles. The standard InChI is InChI=1S/C14H14N2O3/c17-13-7-6-12(15-9-13)8-16-14(18)19-10-11-4-2-1-3-5-11/h1-7,9,17H,8,10H2,(H,16,18). The van der Waals surface area contributed by atoms with Gasteiger partial charge in [-0.15, -0.1) is 0 Å². The van der Waals surface area contributed by atoms with Crippen molar-refractivity contribution in [3.63, 3.8) is 0 Å². The second kappa shape index (κ2) is 6.39. The first-order chi connectivity index (χ1) is 9.24. The van der Waals surface area contributed by atoms with Gasteiger partial charge >= 0.3 is 6.09 Å². The van der Waals surface area contributed by atoms with Crippen LogP contribution in [0.15, 0.2) is 48.7 Å². The molecule has 1 aromatic heterocycles. The van der Waals surface area contributed by atoms with Crippen LogP contribution in [0.2, 0.25) is 0 Å². The van der Waals surface area contributed by atoms with Gasteiger partial charge in [-0.05, 0) is 17.7 Å². The fourth-order valence-electron chi connectivity index (χ4n) is 1.46. The molecule has 0 radical (unpaired) electrons. The molecule has 0 spiro atoms. The number of carbonyl (C=O) groups is 1. The predicted molar refractivity (Wildman–Crippen MR) is 69.4 cm³/mol. The first-order valence-corrected chi connectivity index (χ1v) is 5.82. The second-order valence-electron chi connectivity index (χ2n) is 3.92. The fourth-order valence-corrected chi connectivity index (χ4v) is 1.46. The smallest absolute Gasteiger partial charge is 0.407 e. The minimum Gasteiger partial charge on any atom is -0.506 e. The van der Waals surface area contributed by atoms with E-state index in [1.807, 2.05) is 30.3 Å². The molecule has 5 nitrogen and oxygen atoms in total. The van der Waals surface area contributed by atoms with Crippen LogP contribution in [-0.4, -0.2) is 16.2 Å². The van der Waals surface area contributed by atoms with Gasteiger partial charge in [-0.1, -0.05) is 30.3 Å². The summed E-state index contributed by atoms with van der Waals surface area (Å²) in [4.78, 5) is 15.4. The Hall–Kier alpha value is -2.56. The Morgan fingerprint density at radius 3 is 2.68 bits per heavy atom. The van der Waals surface area contributed by atoms with Crippen LogP contribution in [0.5, 0.6) is 5.75 Å². The number of nitrogens with zero attached hydrogens (tertiary/aromatic N) is 1. The van der Waals surface area contributed by atoms with Crippen LogP contribution in [0, 0.1) is 0 Å². The van der Waals surface area contributed by atoms with E-state index in [1.165, 1.54) is 12.3 Å². The Morgan fingerprint density at radius 1 is 1.21 bits per heavy atom. The number of alkyl carbamates (subject to hydrolysis) is 1. The number of hydrogen-bond donors (Lipinski definition) is 2. The molecule has 0 aliphatic rings. The third-order valence-corrected chi connectivity index (χ3v) is 2.44. The summed E-state index contributed by atoms with van der Waals surface area (Å²) in [6, 6.07) is 12.6. The van der Waals surface area contributed by atoms with Gasteiger partial charge in [0.25, 0.3) is 0 Å². The zero-order chi connectivity index (χ0) is 13.5. The molecule has 1 heterocycles. The van der Waals surface area contributed by atoms with E-state index in [9.17, 15) is 4.79 Å². The monoisotopic (exact) mass is 258 g/mol. The average molecular weight is 258 g/mol. The maximum Gasteiger partial charge on any atom is 0.407 e. The van der Waals surface area contributed by atoms with Crippen molar-refractivity contribution in [3.8, 4) is 5.75 Å². The SMILES string of the molecule is O=C(NCc1ccc(O)cn1)OCc1ccccc1. The van der Waals surface area contributed by atoms with E-state index in [0.29, 0.717) is 5.69 Å². The quantitative estimate of drug-likeness (QED) is 0.882. The maximum absolute atomic E-state index is 11.4. The summed E-state index contributed by atoms with van der Waals surface area (Å²) in [5.74, 6) is 0.0930. The number of aromatic hydroxyl groups is 1. The van der Waals surface area contributed by atoms with Crippen molar-refractivity contribution >= 4 is 6.09 Å². The third kappa shape index (κ3) is 4.31. The first-order valence-electron chi connectivity index (χ1n) is 5.82. The Balaban J connectivity index is 1.74. The van der Waals surface area contributed by atoms with Gasteiger partial charge in [0.1, 0.15) is 12.4 Å². The van der Waals surface area contributed by atoms with Crippen LogP contribution in [0.1, 0.15) is 11.3 Å². The molecule has 0 bridgehead atoms. The van der Waals surface area contributed by atoms with Crippen LogP contribution >= 0.6 is 0 Å². The van der Waals surface area contributed by atoms with Crippen molar-refractivity contribution in [3.05, 3.63) is 59.9 Å². The van der Waals surface area contributed by atoms with Crippen LogP contribution in [0.25, 0.3) is 0 Å². The topological polar surface area (TPSA) is 71.5 Å². The largest absolute Gasteiger partial charge is 0.506 e. The van der Waals surface area contributed by atoms with Crippen molar-refractivity contribution in [1.29, 1.82) is 0 Å². The summed E-state index contributed by atoms with van der Waals surface area (Å²) in [7, 11) is 0. The second-order valence-corrected chi connectivity index (χ2v) is 3.92. The number of rotatable bonds is 4. The Bertz CT molecular complexity index is 526. The molecule has 0 unspecified atom stereocenters. The summed E-state index contributed by atoms with van der Waals surface area (Å²) >= 11 is 0. The zero-order valence-electron chi connectivity index (χ0n) is 10.2. The minimum atomic E-state index is -0.501. The van der Waals surface area contributed by atoms with E-state index in [1.54, 1.807) is 6.07 Å². The molecule has 0 aliphatic carbocycles. The maximum atomic E-state index is 11.4. The Morgan fingerprint density at radius 2 is 2.00 bits per heavy atom. The van der Waals surface area contributed by atoms with Gasteiger partial charge in [-0.2, -0.15) is 0 Å². The summed E-state index contributed by atoms with van der Waals surface area (Å²) in [5, 5.41) is 11.7. The van der Waals surface area contributed by atoms with Gasteiger partial charge in [0.2, 0.25) is 0 Å². The summed E-state index contributed by atoms with van der Waals surface area (Å²) in [6.07, 6.45) is 0.825.